The van der Waals surface area contributed by atoms with Crippen molar-refractivity contribution in [2.24, 2.45) is 5.73 Å². The molecule has 25 heavy (non-hydrogen) atoms. The molecule has 1 atom stereocenters. The van der Waals surface area contributed by atoms with Crippen molar-refractivity contribution >= 4 is 22.8 Å². The van der Waals surface area contributed by atoms with Gasteiger partial charge in [-0.15, -0.1) is 0 Å². The van der Waals surface area contributed by atoms with Gasteiger partial charge in [0.05, 0.1) is 12.2 Å². The van der Waals surface area contributed by atoms with Crippen molar-refractivity contribution in [2.75, 3.05) is 19.6 Å². The Morgan fingerprint density at radius 1 is 1.20 bits per heavy atom. The lowest BCUT2D eigenvalue weighted by Gasteiger charge is -2.16. The third-order valence-electron chi connectivity index (χ3n) is 4.75. The average molecular weight is 357 g/mol. The van der Waals surface area contributed by atoms with Crippen molar-refractivity contribution < 1.29 is 0 Å². The van der Waals surface area contributed by atoms with Crippen LogP contribution in [0.3, 0.4) is 0 Å². The van der Waals surface area contributed by atoms with E-state index in [4.69, 9.17) is 22.4 Å². The van der Waals surface area contributed by atoms with E-state index in [-0.39, 0.29) is 0 Å². The fourth-order valence-electron chi connectivity index (χ4n) is 3.55. The lowest BCUT2D eigenvalue weighted by atomic mass is 10.0. The van der Waals surface area contributed by atoms with Crippen LogP contribution in [0.15, 0.2) is 36.7 Å². The maximum atomic E-state index is 6.30. The molecule has 1 saturated heterocycles. The molecule has 4 rings (SSSR count). The van der Waals surface area contributed by atoms with E-state index in [0.29, 0.717) is 19.0 Å². The summed E-state index contributed by atoms with van der Waals surface area (Å²) in [5, 5.41) is 5.61. The van der Waals surface area contributed by atoms with Gasteiger partial charge in [-0.1, -0.05) is 29.8 Å². The molecule has 0 bridgehead atoms. The molecule has 2 aromatic heterocycles. The van der Waals surface area contributed by atoms with Crippen LogP contribution in [0.1, 0.15) is 23.6 Å². The molecule has 0 radical (unpaired) electrons. The van der Waals surface area contributed by atoms with Gasteiger partial charge in [0, 0.05) is 43.0 Å². The molecule has 1 aromatic carbocycles. The zero-order valence-electron chi connectivity index (χ0n) is 14.0. The van der Waals surface area contributed by atoms with Crippen molar-refractivity contribution in [3.63, 3.8) is 0 Å². The second-order valence-corrected chi connectivity index (χ2v) is 6.84. The Kier molecular flexibility index (Phi) is 4.65. The molecule has 2 N–H and O–H groups in total. The van der Waals surface area contributed by atoms with Crippen LogP contribution in [0.5, 0.6) is 0 Å². The number of likely N-dealkylation sites (tertiary alicyclic amines) is 1. The Hall–Kier alpha value is -2.02. The second kappa shape index (κ2) is 7.07. The number of nitrogens with two attached hydrogens (primary N) is 1. The van der Waals surface area contributed by atoms with Gasteiger partial charge in [-0.05, 0) is 24.6 Å². The molecule has 7 heteroatoms. The first kappa shape index (κ1) is 16.4. The third kappa shape index (κ3) is 3.25. The van der Waals surface area contributed by atoms with Gasteiger partial charge >= 0.3 is 0 Å². The van der Waals surface area contributed by atoms with Crippen LogP contribution in [0.2, 0.25) is 5.02 Å². The number of halogens is 1. The van der Waals surface area contributed by atoms with E-state index < -0.39 is 0 Å². The largest absolute Gasteiger partial charge is 0.329 e. The smallest absolute Gasteiger partial charge is 0.177 e. The first-order valence-corrected chi connectivity index (χ1v) is 8.97. The number of nitrogens with zero attached hydrogens (tertiary/aromatic N) is 5. The Balaban J connectivity index is 1.56. The Bertz CT molecular complexity index is 877. The Labute approximate surface area is 151 Å². The van der Waals surface area contributed by atoms with Crippen LogP contribution in [-0.2, 0) is 13.1 Å². The fraction of sp³-hybridized carbons (Fsp3) is 0.389. The number of benzene rings is 1. The highest BCUT2D eigenvalue weighted by atomic mass is 35.5. The van der Waals surface area contributed by atoms with Gasteiger partial charge in [0.15, 0.2) is 5.65 Å². The Morgan fingerprint density at radius 3 is 2.88 bits per heavy atom. The molecule has 6 nitrogen and oxygen atoms in total. The van der Waals surface area contributed by atoms with E-state index in [9.17, 15) is 0 Å². The number of hydrogen-bond acceptors (Lipinski definition) is 5. The topological polar surface area (TPSA) is 72.9 Å². The normalized spacial score (nSPS) is 18.2. The monoisotopic (exact) mass is 356 g/mol. The molecule has 0 unspecified atom stereocenters. The van der Waals surface area contributed by atoms with Gasteiger partial charge in [-0.3, -0.25) is 4.90 Å². The number of fused-ring (bicyclic) bond motifs is 1. The van der Waals surface area contributed by atoms with E-state index in [0.717, 1.165) is 47.9 Å². The van der Waals surface area contributed by atoms with Crippen molar-refractivity contribution in [1.29, 1.82) is 0 Å². The molecule has 3 aromatic rings. The summed E-state index contributed by atoms with van der Waals surface area (Å²) >= 11 is 6.30. The van der Waals surface area contributed by atoms with Crippen molar-refractivity contribution in [2.45, 2.75) is 25.4 Å². The zero-order valence-corrected chi connectivity index (χ0v) is 14.7. The van der Waals surface area contributed by atoms with Crippen LogP contribution in [0.4, 0.5) is 0 Å². The molecule has 0 aliphatic carbocycles. The van der Waals surface area contributed by atoms with Crippen LogP contribution >= 0.6 is 11.6 Å². The lowest BCUT2D eigenvalue weighted by Crippen LogP contribution is -2.20. The maximum absolute atomic E-state index is 6.30. The molecule has 0 saturated carbocycles. The average Bonchev–Trinajstić information content (AvgIpc) is 3.23. The Morgan fingerprint density at radius 2 is 2.04 bits per heavy atom. The first-order chi connectivity index (χ1) is 12.3. The van der Waals surface area contributed by atoms with Crippen molar-refractivity contribution in [1.82, 2.24) is 24.6 Å². The van der Waals surface area contributed by atoms with Crippen molar-refractivity contribution in [3.05, 3.63) is 52.9 Å². The third-order valence-corrected chi connectivity index (χ3v) is 5.11. The number of hydrogen-bond donors (Lipinski definition) is 1. The standard InChI is InChI=1S/C18H21ClN6/c19-15-4-2-1-3-13(15)11-24-9-5-14(12-24)16-17-18(22-8-7-21-17)25(23-16)10-6-20/h1-4,7-8,14H,5-6,9-12,20H2/t14-/m1/s1. The first-order valence-electron chi connectivity index (χ1n) is 8.59. The highest BCUT2D eigenvalue weighted by Gasteiger charge is 2.29. The van der Waals surface area contributed by atoms with Gasteiger partial charge in [-0.2, -0.15) is 5.10 Å². The van der Waals surface area contributed by atoms with E-state index in [1.807, 2.05) is 22.9 Å². The van der Waals surface area contributed by atoms with Crippen LogP contribution < -0.4 is 5.73 Å². The zero-order chi connectivity index (χ0) is 17.2. The summed E-state index contributed by atoms with van der Waals surface area (Å²) in [5.74, 6) is 0.362. The highest BCUT2D eigenvalue weighted by molar-refractivity contribution is 6.31. The molecule has 0 spiro atoms. The molecule has 1 aliphatic heterocycles. The van der Waals surface area contributed by atoms with Crippen LogP contribution in [-0.4, -0.2) is 44.3 Å². The predicted molar refractivity (Wildman–Crippen MR) is 98.5 cm³/mol. The molecule has 1 fully saturated rings. The van der Waals surface area contributed by atoms with E-state index in [1.54, 1.807) is 12.4 Å². The van der Waals surface area contributed by atoms with Gasteiger partial charge in [0.1, 0.15) is 5.52 Å². The van der Waals surface area contributed by atoms with Gasteiger partial charge in [0.2, 0.25) is 0 Å². The molecule has 3 heterocycles. The SMILES string of the molecule is NCCn1nc([C@@H]2CCN(Cc3ccccc3Cl)C2)c2nccnc21. The molecule has 1 aliphatic rings. The number of aromatic nitrogens is 4. The lowest BCUT2D eigenvalue weighted by molar-refractivity contribution is 0.326. The second-order valence-electron chi connectivity index (χ2n) is 6.44. The molecule has 130 valence electrons. The van der Waals surface area contributed by atoms with Crippen LogP contribution in [0.25, 0.3) is 11.2 Å². The van der Waals surface area contributed by atoms with Gasteiger partial charge in [-0.25, -0.2) is 14.6 Å². The minimum atomic E-state index is 0.362. The summed E-state index contributed by atoms with van der Waals surface area (Å²) in [6.45, 7) is 4.04. The van der Waals surface area contributed by atoms with E-state index in [2.05, 4.69) is 20.9 Å². The quantitative estimate of drug-likeness (QED) is 0.760. The highest BCUT2D eigenvalue weighted by Crippen LogP contribution is 2.31. The number of rotatable bonds is 5. The summed E-state index contributed by atoms with van der Waals surface area (Å²) < 4.78 is 1.88. The maximum Gasteiger partial charge on any atom is 0.177 e. The molecular formula is C18H21ClN6. The molecular weight excluding hydrogens is 336 g/mol. The van der Waals surface area contributed by atoms with Crippen molar-refractivity contribution in [3.8, 4) is 0 Å². The molecule has 0 amide bonds. The van der Waals surface area contributed by atoms with Gasteiger partial charge in [0.25, 0.3) is 0 Å². The minimum absolute atomic E-state index is 0.362. The predicted octanol–water partition coefficient (Wildman–Crippen LogP) is 2.43. The summed E-state index contributed by atoms with van der Waals surface area (Å²) in [6.07, 6.45) is 4.51. The summed E-state index contributed by atoms with van der Waals surface area (Å²) in [4.78, 5) is 11.4. The van der Waals surface area contributed by atoms with E-state index >= 15 is 0 Å². The minimum Gasteiger partial charge on any atom is -0.329 e. The summed E-state index contributed by atoms with van der Waals surface area (Å²) in [5.41, 5.74) is 9.65. The fourth-order valence-corrected chi connectivity index (χ4v) is 3.74. The summed E-state index contributed by atoms with van der Waals surface area (Å²) in [7, 11) is 0. The summed E-state index contributed by atoms with van der Waals surface area (Å²) in [6, 6.07) is 8.04. The van der Waals surface area contributed by atoms with Crippen LogP contribution in [0, 0.1) is 0 Å². The van der Waals surface area contributed by atoms with E-state index in [1.165, 1.54) is 5.56 Å². The van der Waals surface area contributed by atoms with Gasteiger partial charge < -0.3 is 5.73 Å².